The van der Waals surface area contributed by atoms with E-state index in [0.29, 0.717) is 0 Å². The summed E-state index contributed by atoms with van der Waals surface area (Å²) in [6.45, 7) is 8.10. The largest absolute Gasteiger partial charge is 0.290 e. The second-order valence-electron chi connectivity index (χ2n) is 5.49. The van der Waals surface area contributed by atoms with Gasteiger partial charge in [-0.3, -0.25) is 4.79 Å². The Morgan fingerprint density at radius 3 is 2.42 bits per heavy atom. The first-order valence-corrected chi connectivity index (χ1v) is 6.59. The van der Waals surface area contributed by atoms with E-state index in [-0.39, 0.29) is 5.78 Å². The molecule has 1 aliphatic carbocycles. The van der Waals surface area contributed by atoms with Crippen LogP contribution in [0.3, 0.4) is 0 Å². The lowest BCUT2D eigenvalue weighted by Crippen LogP contribution is -2.20. The van der Waals surface area contributed by atoms with Crippen molar-refractivity contribution < 1.29 is 4.79 Å². The van der Waals surface area contributed by atoms with Crippen molar-refractivity contribution in [3.8, 4) is 0 Å². The van der Waals surface area contributed by atoms with Crippen molar-refractivity contribution in [2.45, 2.75) is 34.1 Å². The van der Waals surface area contributed by atoms with E-state index < -0.39 is 0 Å². The van der Waals surface area contributed by atoms with Crippen molar-refractivity contribution in [2.24, 2.45) is 4.99 Å². The fourth-order valence-electron chi connectivity index (χ4n) is 2.66. The molecule has 0 atom stereocenters. The van der Waals surface area contributed by atoms with Gasteiger partial charge in [0.15, 0.2) is 5.78 Å². The molecule has 0 spiro atoms. The molecule has 0 saturated heterocycles. The molecule has 96 valence electrons. The predicted octanol–water partition coefficient (Wildman–Crippen LogP) is 3.78. The van der Waals surface area contributed by atoms with Crippen LogP contribution in [0, 0.1) is 13.8 Å². The van der Waals surface area contributed by atoms with E-state index >= 15 is 0 Å². The first-order chi connectivity index (χ1) is 8.97. The number of hydrogen-bond acceptors (Lipinski definition) is 2. The summed E-state index contributed by atoms with van der Waals surface area (Å²) in [5.41, 5.74) is 8.71. The molecule has 3 rings (SSSR count). The Morgan fingerprint density at radius 1 is 1.00 bits per heavy atom. The van der Waals surface area contributed by atoms with Crippen molar-refractivity contribution in [3.63, 3.8) is 0 Å². The fraction of sp³-hybridized carbons (Fsp3) is 0.294. The number of aryl methyl sites for hydroxylation is 2. The molecule has 0 saturated carbocycles. The molecule has 1 aromatic carbocycles. The fourth-order valence-corrected chi connectivity index (χ4v) is 2.66. The molecule has 1 aromatic rings. The standard InChI is InChI=1S/C17H17NO/c1-9-5-13-7-14-8-16(19)11(3)12(4)17(14)18-15(13)6-10(9)2/h5-6,8H,7H2,1-4H3. The Balaban J connectivity index is 2.22. The van der Waals surface area contributed by atoms with E-state index in [2.05, 4.69) is 26.0 Å². The number of hydrogen-bond donors (Lipinski definition) is 0. The van der Waals surface area contributed by atoms with Crippen LogP contribution in [-0.2, 0) is 11.2 Å². The lowest BCUT2D eigenvalue weighted by atomic mass is 9.84. The molecule has 0 bridgehead atoms. The van der Waals surface area contributed by atoms with Crippen LogP contribution in [-0.4, -0.2) is 11.5 Å². The normalized spacial score (nSPS) is 17.8. The number of allylic oxidation sites excluding steroid dienone is 4. The maximum atomic E-state index is 11.9. The molecule has 2 heteroatoms. The van der Waals surface area contributed by atoms with Crippen molar-refractivity contribution >= 4 is 17.2 Å². The minimum absolute atomic E-state index is 0.124. The molecule has 1 heterocycles. The average molecular weight is 251 g/mol. The van der Waals surface area contributed by atoms with Crippen LogP contribution < -0.4 is 0 Å². The van der Waals surface area contributed by atoms with Gasteiger partial charge in [-0.25, -0.2) is 4.99 Å². The first-order valence-electron chi connectivity index (χ1n) is 6.59. The third-order valence-electron chi connectivity index (χ3n) is 4.20. The van der Waals surface area contributed by atoms with Gasteiger partial charge in [0.05, 0.1) is 11.4 Å². The van der Waals surface area contributed by atoms with E-state index in [1.54, 1.807) is 6.08 Å². The average Bonchev–Trinajstić information content (AvgIpc) is 2.37. The lowest BCUT2D eigenvalue weighted by Gasteiger charge is -2.24. The van der Waals surface area contributed by atoms with Gasteiger partial charge < -0.3 is 0 Å². The van der Waals surface area contributed by atoms with Crippen LogP contribution in [0.5, 0.6) is 0 Å². The molecule has 0 fully saturated rings. The molecule has 0 unspecified atom stereocenters. The SMILES string of the molecule is CC1=C(C)C2=Nc3cc(C)c(C)cc3CC2=CC1=O. The monoisotopic (exact) mass is 251 g/mol. The maximum absolute atomic E-state index is 11.9. The molecular weight excluding hydrogens is 234 g/mol. The summed E-state index contributed by atoms with van der Waals surface area (Å²) in [7, 11) is 0. The number of aliphatic imine (C=N–C) groups is 1. The molecule has 19 heavy (non-hydrogen) atoms. The van der Waals surface area contributed by atoms with E-state index in [4.69, 9.17) is 4.99 Å². The summed E-state index contributed by atoms with van der Waals surface area (Å²) in [5, 5.41) is 0. The highest BCUT2D eigenvalue weighted by atomic mass is 16.1. The van der Waals surface area contributed by atoms with Crippen molar-refractivity contribution in [2.75, 3.05) is 0 Å². The van der Waals surface area contributed by atoms with Gasteiger partial charge in [-0.15, -0.1) is 0 Å². The maximum Gasteiger partial charge on any atom is 0.182 e. The van der Waals surface area contributed by atoms with Crippen molar-refractivity contribution in [1.82, 2.24) is 0 Å². The number of carbonyl (C=O) groups excluding carboxylic acids is 1. The van der Waals surface area contributed by atoms with Gasteiger partial charge in [0.25, 0.3) is 0 Å². The molecule has 2 aliphatic rings. The highest BCUT2D eigenvalue weighted by Gasteiger charge is 2.25. The van der Waals surface area contributed by atoms with E-state index in [9.17, 15) is 4.79 Å². The van der Waals surface area contributed by atoms with Gasteiger partial charge in [-0.05, 0) is 67.7 Å². The quantitative estimate of drug-likeness (QED) is 0.645. The molecule has 1 aliphatic heterocycles. The molecule has 2 nitrogen and oxygen atoms in total. The van der Waals surface area contributed by atoms with Gasteiger partial charge >= 0.3 is 0 Å². The third kappa shape index (κ3) is 1.79. The number of ketones is 1. The summed E-state index contributed by atoms with van der Waals surface area (Å²) < 4.78 is 0. The summed E-state index contributed by atoms with van der Waals surface area (Å²) >= 11 is 0. The molecule has 0 radical (unpaired) electrons. The molecule has 0 amide bonds. The smallest absolute Gasteiger partial charge is 0.182 e. The van der Waals surface area contributed by atoms with Crippen LogP contribution in [0.1, 0.15) is 30.5 Å². The Hall–Kier alpha value is -1.96. The van der Waals surface area contributed by atoms with E-state index in [0.717, 1.165) is 34.5 Å². The zero-order chi connectivity index (χ0) is 13.7. The Bertz CT molecular complexity index is 702. The zero-order valence-electron chi connectivity index (χ0n) is 11.8. The number of nitrogens with zero attached hydrogens (tertiary/aromatic N) is 1. The zero-order valence-corrected chi connectivity index (χ0v) is 11.8. The predicted molar refractivity (Wildman–Crippen MR) is 78.2 cm³/mol. The van der Waals surface area contributed by atoms with Crippen LogP contribution in [0.4, 0.5) is 5.69 Å². The van der Waals surface area contributed by atoms with Gasteiger partial charge in [0.1, 0.15) is 0 Å². The first kappa shape index (κ1) is 12.1. The second kappa shape index (κ2) is 4.02. The number of fused-ring (bicyclic) bond motifs is 2. The molecule has 0 N–H and O–H groups in total. The van der Waals surface area contributed by atoms with E-state index in [1.165, 1.54) is 16.7 Å². The number of carbonyl (C=O) groups is 1. The van der Waals surface area contributed by atoms with Gasteiger partial charge in [-0.1, -0.05) is 6.07 Å². The van der Waals surface area contributed by atoms with Crippen LogP contribution in [0.15, 0.2) is 39.9 Å². The Kier molecular flexibility index (Phi) is 2.56. The van der Waals surface area contributed by atoms with Gasteiger partial charge in [0, 0.05) is 12.0 Å². The third-order valence-corrected chi connectivity index (χ3v) is 4.20. The summed E-state index contributed by atoms with van der Waals surface area (Å²) in [4.78, 5) is 16.7. The molecule has 0 aromatic heterocycles. The Labute approximate surface area is 113 Å². The second-order valence-corrected chi connectivity index (χ2v) is 5.49. The van der Waals surface area contributed by atoms with Crippen molar-refractivity contribution in [1.29, 1.82) is 0 Å². The minimum Gasteiger partial charge on any atom is -0.290 e. The van der Waals surface area contributed by atoms with Gasteiger partial charge in [0.2, 0.25) is 0 Å². The Morgan fingerprint density at radius 2 is 1.68 bits per heavy atom. The van der Waals surface area contributed by atoms with Crippen LogP contribution >= 0.6 is 0 Å². The summed E-state index contributed by atoms with van der Waals surface area (Å²) in [6.07, 6.45) is 2.56. The van der Waals surface area contributed by atoms with Gasteiger partial charge in [-0.2, -0.15) is 0 Å². The van der Waals surface area contributed by atoms with Crippen LogP contribution in [0.2, 0.25) is 0 Å². The highest BCUT2D eigenvalue weighted by Crippen LogP contribution is 2.35. The number of benzene rings is 1. The van der Waals surface area contributed by atoms with Crippen LogP contribution in [0.25, 0.3) is 0 Å². The summed E-state index contributed by atoms with van der Waals surface area (Å²) in [6, 6.07) is 4.34. The van der Waals surface area contributed by atoms with E-state index in [1.807, 2.05) is 13.8 Å². The lowest BCUT2D eigenvalue weighted by molar-refractivity contribution is -0.111. The molecular formula is C17H17NO. The number of rotatable bonds is 0. The van der Waals surface area contributed by atoms with Crippen molar-refractivity contribution in [3.05, 3.63) is 51.6 Å². The minimum atomic E-state index is 0.124. The topological polar surface area (TPSA) is 29.4 Å². The summed E-state index contributed by atoms with van der Waals surface area (Å²) in [5.74, 6) is 0.124. The highest BCUT2D eigenvalue weighted by molar-refractivity contribution is 6.25.